The Labute approximate surface area is 150 Å². The van der Waals surface area contributed by atoms with Gasteiger partial charge in [-0.25, -0.2) is 0 Å². The van der Waals surface area contributed by atoms with Gasteiger partial charge < -0.3 is 9.64 Å². The molecule has 25 heavy (non-hydrogen) atoms. The van der Waals surface area contributed by atoms with E-state index in [2.05, 4.69) is 11.0 Å². The zero-order chi connectivity index (χ0) is 18.0. The van der Waals surface area contributed by atoms with E-state index in [1.54, 1.807) is 12.1 Å². The van der Waals surface area contributed by atoms with E-state index in [4.69, 9.17) is 16.3 Å². The lowest BCUT2D eigenvalue weighted by molar-refractivity contribution is -0.384. The number of hydrogen-bond acceptors (Lipinski definition) is 5. The zero-order valence-electron chi connectivity index (χ0n) is 13.6. The summed E-state index contributed by atoms with van der Waals surface area (Å²) in [6.45, 7) is 3.02. The Balaban J connectivity index is 1.93. The van der Waals surface area contributed by atoms with Gasteiger partial charge in [0, 0.05) is 29.7 Å². The smallest absolute Gasteiger partial charge is 0.270 e. The summed E-state index contributed by atoms with van der Waals surface area (Å²) in [4.78, 5) is 12.5. The van der Waals surface area contributed by atoms with Gasteiger partial charge in [-0.1, -0.05) is 23.7 Å². The molecular formula is C18H16ClN3O3. The highest BCUT2D eigenvalue weighted by atomic mass is 35.5. The summed E-state index contributed by atoms with van der Waals surface area (Å²) >= 11 is 6.06. The Bertz CT molecular complexity index is 850. The Hall–Kier alpha value is -2.62. The molecule has 1 aliphatic rings. The first-order valence-electron chi connectivity index (χ1n) is 7.82. The largest absolute Gasteiger partial charge is 0.370 e. The van der Waals surface area contributed by atoms with Crippen molar-refractivity contribution in [2.45, 2.75) is 19.1 Å². The molecule has 0 aliphatic carbocycles. The van der Waals surface area contributed by atoms with Crippen molar-refractivity contribution in [2.24, 2.45) is 0 Å². The van der Waals surface area contributed by atoms with E-state index in [0.29, 0.717) is 23.9 Å². The molecule has 0 bridgehead atoms. The molecule has 2 unspecified atom stereocenters. The molecular weight excluding hydrogens is 342 g/mol. The van der Waals surface area contributed by atoms with Crippen LogP contribution < -0.4 is 4.90 Å². The number of morpholine rings is 1. The topological polar surface area (TPSA) is 79.4 Å². The maximum Gasteiger partial charge on any atom is 0.270 e. The first-order valence-corrected chi connectivity index (χ1v) is 8.19. The van der Waals surface area contributed by atoms with Crippen molar-refractivity contribution in [3.8, 4) is 6.07 Å². The summed E-state index contributed by atoms with van der Waals surface area (Å²) in [5.41, 5.74) is 1.83. The zero-order valence-corrected chi connectivity index (χ0v) is 14.3. The van der Waals surface area contributed by atoms with E-state index < -0.39 is 4.92 Å². The molecule has 1 aliphatic heterocycles. The average Bonchev–Trinajstić information content (AvgIpc) is 2.61. The molecule has 0 aromatic heterocycles. The van der Waals surface area contributed by atoms with Gasteiger partial charge in [-0.3, -0.25) is 10.1 Å². The van der Waals surface area contributed by atoms with Crippen molar-refractivity contribution in [3.05, 3.63) is 68.7 Å². The van der Waals surface area contributed by atoms with Gasteiger partial charge in [-0.2, -0.15) is 5.26 Å². The number of nitro benzene ring substituents is 1. The summed E-state index contributed by atoms with van der Waals surface area (Å²) < 4.78 is 5.93. The second-order valence-electron chi connectivity index (χ2n) is 5.95. The molecule has 2 aromatic carbocycles. The van der Waals surface area contributed by atoms with Crippen LogP contribution in [0.15, 0.2) is 42.5 Å². The second-order valence-corrected chi connectivity index (χ2v) is 6.39. The highest BCUT2D eigenvalue weighted by Gasteiger charge is 2.29. The number of halogens is 1. The fourth-order valence-corrected chi connectivity index (χ4v) is 3.18. The lowest BCUT2D eigenvalue weighted by atomic mass is 10.0. The Morgan fingerprint density at radius 3 is 2.84 bits per heavy atom. The molecule has 2 atom stereocenters. The summed E-state index contributed by atoms with van der Waals surface area (Å²) in [6.07, 6.45) is -0.184. The molecule has 0 saturated carbocycles. The third kappa shape index (κ3) is 3.58. The van der Waals surface area contributed by atoms with Crippen LogP contribution in [0, 0.1) is 21.4 Å². The number of anilines is 1. The number of nitro groups is 1. The maximum absolute atomic E-state index is 10.9. The van der Waals surface area contributed by atoms with Crippen LogP contribution in [0.4, 0.5) is 11.4 Å². The van der Waals surface area contributed by atoms with Crippen molar-refractivity contribution < 1.29 is 9.66 Å². The fourth-order valence-electron chi connectivity index (χ4n) is 2.98. The lowest BCUT2D eigenvalue weighted by Crippen LogP contribution is -2.45. The van der Waals surface area contributed by atoms with E-state index in [-0.39, 0.29) is 23.4 Å². The highest BCUT2D eigenvalue weighted by molar-refractivity contribution is 6.30. The van der Waals surface area contributed by atoms with E-state index in [1.807, 2.05) is 25.1 Å². The molecule has 0 N–H and O–H groups in total. The van der Waals surface area contributed by atoms with Crippen LogP contribution in [0.25, 0.3) is 0 Å². The number of nitriles is 1. The fraction of sp³-hybridized carbons (Fsp3) is 0.278. The molecule has 7 heteroatoms. The summed E-state index contributed by atoms with van der Waals surface area (Å²) in [7, 11) is 0. The molecule has 1 heterocycles. The van der Waals surface area contributed by atoms with E-state index >= 15 is 0 Å². The van der Waals surface area contributed by atoms with E-state index in [1.165, 1.54) is 12.1 Å². The Morgan fingerprint density at radius 2 is 2.16 bits per heavy atom. The summed E-state index contributed by atoms with van der Waals surface area (Å²) in [5, 5.41) is 21.0. The quantitative estimate of drug-likeness (QED) is 0.610. The van der Waals surface area contributed by atoms with Gasteiger partial charge in [0.1, 0.15) is 12.2 Å². The second kappa shape index (κ2) is 7.09. The number of nitrogens with zero attached hydrogens (tertiary/aromatic N) is 3. The van der Waals surface area contributed by atoms with Crippen LogP contribution in [0.2, 0.25) is 5.02 Å². The standard InChI is InChI=1S/C18H16ClN3O3/c1-12-11-25-18(13-3-2-4-15(19)7-13)10-21(12)17-6-5-16(22(23)24)8-14(17)9-20/h2-8,12,18H,10-11H2,1H3. The van der Waals surface area contributed by atoms with Gasteiger partial charge in [0.05, 0.1) is 22.8 Å². The van der Waals surface area contributed by atoms with Gasteiger partial charge in [0.25, 0.3) is 5.69 Å². The minimum atomic E-state index is -0.498. The number of ether oxygens (including phenoxy) is 1. The minimum Gasteiger partial charge on any atom is -0.370 e. The number of non-ortho nitro benzene ring substituents is 1. The minimum absolute atomic E-state index is 0.0454. The number of benzene rings is 2. The van der Waals surface area contributed by atoms with Gasteiger partial charge >= 0.3 is 0 Å². The lowest BCUT2D eigenvalue weighted by Gasteiger charge is -2.40. The van der Waals surface area contributed by atoms with Crippen molar-refractivity contribution >= 4 is 23.0 Å². The molecule has 0 spiro atoms. The summed E-state index contributed by atoms with van der Waals surface area (Å²) in [6, 6.07) is 14.0. The first-order chi connectivity index (χ1) is 12.0. The van der Waals surface area contributed by atoms with Crippen LogP contribution in [-0.2, 0) is 4.74 Å². The van der Waals surface area contributed by atoms with Crippen LogP contribution >= 0.6 is 11.6 Å². The predicted octanol–water partition coefficient (Wildman–Crippen LogP) is 4.09. The van der Waals surface area contributed by atoms with E-state index in [9.17, 15) is 15.4 Å². The number of rotatable bonds is 3. The van der Waals surface area contributed by atoms with Crippen molar-refractivity contribution in [1.82, 2.24) is 0 Å². The molecule has 1 fully saturated rings. The Kier molecular flexibility index (Phi) is 4.88. The van der Waals surface area contributed by atoms with Gasteiger partial charge in [-0.05, 0) is 30.7 Å². The SMILES string of the molecule is CC1COC(c2cccc(Cl)c2)CN1c1ccc([N+](=O)[O-])cc1C#N. The molecule has 2 aromatic rings. The molecule has 6 nitrogen and oxygen atoms in total. The molecule has 1 saturated heterocycles. The van der Waals surface area contributed by atoms with Crippen LogP contribution in [0.5, 0.6) is 0 Å². The normalized spacial score (nSPS) is 20.1. The van der Waals surface area contributed by atoms with Gasteiger partial charge in [0.15, 0.2) is 0 Å². The average molecular weight is 358 g/mol. The highest BCUT2D eigenvalue weighted by Crippen LogP contribution is 2.33. The third-order valence-electron chi connectivity index (χ3n) is 4.27. The molecule has 3 rings (SSSR count). The van der Waals surface area contributed by atoms with Crippen molar-refractivity contribution in [1.29, 1.82) is 5.26 Å². The number of hydrogen-bond donors (Lipinski definition) is 0. The Morgan fingerprint density at radius 1 is 1.36 bits per heavy atom. The maximum atomic E-state index is 10.9. The van der Waals surface area contributed by atoms with Crippen molar-refractivity contribution in [2.75, 3.05) is 18.1 Å². The molecule has 0 amide bonds. The molecule has 128 valence electrons. The monoisotopic (exact) mass is 357 g/mol. The molecule has 0 radical (unpaired) electrons. The third-order valence-corrected chi connectivity index (χ3v) is 4.51. The van der Waals surface area contributed by atoms with Gasteiger partial charge in [-0.15, -0.1) is 0 Å². The van der Waals surface area contributed by atoms with Crippen LogP contribution in [0.3, 0.4) is 0 Å². The van der Waals surface area contributed by atoms with Gasteiger partial charge in [0.2, 0.25) is 0 Å². The first kappa shape index (κ1) is 17.2. The predicted molar refractivity (Wildman–Crippen MR) is 94.8 cm³/mol. The van der Waals surface area contributed by atoms with E-state index in [0.717, 1.165) is 5.56 Å². The van der Waals surface area contributed by atoms with Crippen molar-refractivity contribution in [3.63, 3.8) is 0 Å². The summed E-state index contributed by atoms with van der Waals surface area (Å²) in [5.74, 6) is 0. The van der Waals surface area contributed by atoms with Crippen LogP contribution in [0.1, 0.15) is 24.2 Å². The van der Waals surface area contributed by atoms with Crippen LogP contribution in [-0.4, -0.2) is 24.1 Å².